The van der Waals surface area contributed by atoms with E-state index < -0.39 is 5.91 Å². The number of aromatic nitrogens is 5. The first-order valence-corrected chi connectivity index (χ1v) is 8.89. The number of nitrogens with zero attached hydrogens (tertiary/aromatic N) is 4. The van der Waals surface area contributed by atoms with Crippen LogP contribution in [0.2, 0.25) is 0 Å². The number of carbonyl (C=O) groups is 2. The molecule has 4 aromatic rings. The molecule has 3 heterocycles. The van der Waals surface area contributed by atoms with Gasteiger partial charge in [-0.1, -0.05) is 24.3 Å². The van der Waals surface area contributed by atoms with E-state index in [0.29, 0.717) is 33.8 Å². The second-order valence-corrected chi connectivity index (χ2v) is 6.66. The predicted octanol–water partition coefficient (Wildman–Crippen LogP) is 2.40. The molecule has 0 aliphatic rings. The Morgan fingerprint density at radius 3 is 2.59 bits per heavy atom. The van der Waals surface area contributed by atoms with Gasteiger partial charge < -0.3 is 15.3 Å². The van der Waals surface area contributed by atoms with Crippen molar-refractivity contribution in [2.75, 3.05) is 0 Å². The third-order valence-corrected chi connectivity index (χ3v) is 4.48. The van der Waals surface area contributed by atoms with E-state index in [-0.39, 0.29) is 5.78 Å². The molecule has 0 saturated heterocycles. The predicted molar refractivity (Wildman–Crippen MR) is 109 cm³/mol. The minimum Gasteiger partial charge on any atom is -0.366 e. The number of H-pyrrole nitrogens is 1. The lowest BCUT2D eigenvalue weighted by atomic mass is 10.1. The van der Waals surface area contributed by atoms with Crippen LogP contribution in [0.4, 0.5) is 0 Å². The first kappa shape index (κ1) is 18.3. The maximum Gasteiger partial charge on any atom is 0.241 e. The lowest BCUT2D eigenvalue weighted by Gasteiger charge is -2.04. The fourth-order valence-corrected chi connectivity index (χ4v) is 3.10. The van der Waals surface area contributed by atoms with E-state index in [0.717, 1.165) is 11.3 Å². The lowest BCUT2D eigenvalue weighted by Crippen LogP contribution is -2.08. The van der Waals surface area contributed by atoms with Crippen LogP contribution in [0.1, 0.15) is 27.4 Å². The highest BCUT2D eigenvalue weighted by Gasteiger charge is 2.15. The summed E-state index contributed by atoms with van der Waals surface area (Å²) in [6.07, 6.45) is 8.05. The Morgan fingerprint density at radius 2 is 1.93 bits per heavy atom. The molecule has 8 nitrogen and oxygen atoms in total. The van der Waals surface area contributed by atoms with E-state index in [4.69, 9.17) is 5.73 Å². The molecule has 0 saturated carbocycles. The lowest BCUT2D eigenvalue weighted by molar-refractivity contribution is -0.113. The SMILES string of the molecule is Cc1cn(C)c(C(=O)c2ccc(-c3cnc4[nH]cc(/C=C/C(N)=O)c4n3)cc2)n1. The average Bonchev–Trinajstić information content (AvgIpc) is 3.27. The van der Waals surface area contributed by atoms with E-state index in [9.17, 15) is 9.59 Å². The minimum absolute atomic E-state index is 0.141. The molecule has 4 rings (SSSR count). The van der Waals surface area contributed by atoms with Crippen molar-refractivity contribution in [3.8, 4) is 11.3 Å². The maximum absolute atomic E-state index is 12.7. The van der Waals surface area contributed by atoms with Crippen molar-refractivity contribution in [2.24, 2.45) is 12.8 Å². The number of fused-ring (bicyclic) bond motifs is 1. The largest absolute Gasteiger partial charge is 0.366 e. The van der Waals surface area contributed by atoms with Gasteiger partial charge in [0.15, 0.2) is 11.5 Å². The van der Waals surface area contributed by atoms with E-state index in [2.05, 4.69) is 19.9 Å². The second-order valence-electron chi connectivity index (χ2n) is 6.66. The molecule has 8 heteroatoms. The Morgan fingerprint density at radius 1 is 1.17 bits per heavy atom. The number of benzene rings is 1. The molecule has 29 heavy (non-hydrogen) atoms. The Kier molecular flexibility index (Phi) is 4.52. The number of aryl methyl sites for hydroxylation is 2. The van der Waals surface area contributed by atoms with Crippen LogP contribution < -0.4 is 5.73 Å². The van der Waals surface area contributed by atoms with Crippen LogP contribution in [0, 0.1) is 6.92 Å². The zero-order valence-electron chi connectivity index (χ0n) is 15.9. The Bertz CT molecular complexity index is 1260. The molecule has 3 aromatic heterocycles. The van der Waals surface area contributed by atoms with Gasteiger partial charge in [0, 0.05) is 42.2 Å². The number of ketones is 1. The molecule has 0 unspecified atom stereocenters. The number of carbonyl (C=O) groups excluding carboxylic acids is 2. The quantitative estimate of drug-likeness (QED) is 0.403. The molecule has 0 spiro atoms. The minimum atomic E-state index is -0.536. The molecule has 3 N–H and O–H groups in total. The summed E-state index contributed by atoms with van der Waals surface area (Å²) in [7, 11) is 1.80. The van der Waals surface area contributed by atoms with Crippen molar-refractivity contribution in [1.82, 2.24) is 24.5 Å². The fraction of sp³-hybridized carbons (Fsp3) is 0.0952. The van der Waals surface area contributed by atoms with Crippen molar-refractivity contribution in [2.45, 2.75) is 6.92 Å². The number of hydrogen-bond acceptors (Lipinski definition) is 5. The van der Waals surface area contributed by atoms with Crippen LogP contribution in [0.5, 0.6) is 0 Å². The summed E-state index contributed by atoms with van der Waals surface area (Å²) in [4.78, 5) is 40.0. The second kappa shape index (κ2) is 7.16. The van der Waals surface area contributed by atoms with E-state index >= 15 is 0 Å². The number of nitrogens with one attached hydrogen (secondary N) is 1. The summed E-state index contributed by atoms with van der Waals surface area (Å²) >= 11 is 0. The Balaban J connectivity index is 1.66. The smallest absolute Gasteiger partial charge is 0.241 e. The van der Waals surface area contributed by atoms with Crippen LogP contribution >= 0.6 is 0 Å². The number of nitrogens with two attached hydrogens (primary N) is 1. The van der Waals surface area contributed by atoms with Crippen molar-refractivity contribution in [1.29, 1.82) is 0 Å². The molecule has 1 amide bonds. The fourth-order valence-electron chi connectivity index (χ4n) is 3.10. The number of rotatable bonds is 5. The topological polar surface area (TPSA) is 120 Å². The van der Waals surface area contributed by atoms with Gasteiger partial charge in [0.1, 0.15) is 5.52 Å². The molecular formula is C21H18N6O2. The molecule has 0 fully saturated rings. The van der Waals surface area contributed by atoms with Gasteiger partial charge in [-0.15, -0.1) is 0 Å². The van der Waals surface area contributed by atoms with Crippen LogP contribution in [0.3, 0.4) is 0 Å². The van der Waals surface area contributed by atoms with Gasteiger partial charge in [-0.05, 0) is 13.0 Å². The number of hydrogen-bond donors (Lipinski definition) is 2. The molecule has 0 bridgehead atoms. The third kappa shape index (κ3) is 3.55. The normalized spacial score (nSPS) is 11.4. The van der Waals surface area contributed by atoms with Crippen molar-refractivity contribution in [3.63, 3.8) is 0 Å². The van der Waals surface area contributed by atoms with Gasteiger partial charge >= 0.3 is 0 Å². The molecular weight excluding hydrogens is 368 g/mol. The van der Waals surface area contributed by atoms with Crippen molar-refractivity contribution >= 4 is 28.9 Å². The molecule has 0 radical (unpaired) electrons. The van der Waals surface area contributed by atoms with Crippen molar-refractivity contribution < 1.29 is 9.59 Å². The zero-order chi connectivity index (χ0) is 20.5. The summed E-state index contributed by atoms with van der Waals surface area (Å²) in [5.74, 6) is -0.278. The first-order valence-electron chi connectivity index (χ1n) is 8.89. The number of aromatic amines is 1. The third-order valence-electron chi connectivity index (χ3n) is 4.48. The summed E-state index contributed by atoms with van der Waals surface area (Å²) in [5, 5.41) is 0. The number of amides is 1. The molecule has 144 valence electrons. The first-order chi connectivity index (χ1) is 13.9. The van der Waals surface area contributed by atoms with Gasteiger partial charge in [0.2, 0.25) is 11.7 Å². The standard InChI is InChI=1S/C21H18N6O2/c1-12-11-27(2)21(25-12)19(29)14-5-3-13(4-6-14)16-10-24-20-18(26-16)15(9-23-20)7-8-17(22)28/h3-11H,1-2H3,(H2,22,28)(H,23,24)/b8-7+. The molecule has 0 aliphatic carbocycles. The molecule has 1 aromatic carbocycles. The van der Waals surface area contributed by atoms with Gasteiger partial charge in [-0.25, -0.2) is 15.0 Å². The van der Waals surface area contributed by atoms with Crippen molar-refractivity contribution in [3.05, 3.63) is 71.6 Å². The highest BCUT2D eigenvalue weighted by atomic mass is 16.1. The van der Waals surface area contributed by atoms with Gasteiger partial charge in [-0.3, -0.25) is 9.59 Å². The van der Waals surface area contributed by atoms with Crippen LogP contribution in [0.25, 0.3) is 28.5 Å². The maximum atomic E-state index is 12.7. The van der Waals surface area contributed by atoms with E-state index in [1.807, 2.05) is 25.3 Å². The molecule has 0 atom stereocenters. The van der Waals surface area contributed by atoms with Crippen LogP contribution in [0.15, 0.2) is 48.9 Å². The Labute approximate surface area is 166 Å². The van der Waals surface area contributed by atoms with Gasteiger partial charge in [0.25, 0.3) is 0 Å². The van der Waals surface area contributed by atoms with E-state index in [1.165, 1.54) is 6.08 Å². The highest BCUT2D eigenvalue weighted by molar-refractivity contribution is 6.07. The summed E-state index contributed by atoms with van der Waals surface area (Å²) in [6, 6.07) is 7.14. The van der Waals surface area contributed by atoms with Gasteiger partial charge in [-0.2, -0.15) is 0 Å². The summed E-state index contributed by atoms with van der Waals surface area (Å²) in [6.45, 7) is 1.85. The summed E-state index contributed by atoms with van der Waals surface area (Å²) < 4.78 is 1.72. The highest BCUT2D eigenvalue weighted by Crippen LogP contribution is 2.23. The molecule has 0 aliphatic heterocycles. The summed E-state index contributed by atoms with van der Waals surface area (Å²) in [5.41, 5.74) is 9.92. The number of primary amides is 1. The Hall–Kier alpha value is -4.07. The monoisotopic (exact) mass is 386 g/mol. The van der Waals surface area contributed by atoms with E-state index in [1.54, 1.807) is 42.2 Å². The number of imidazole rings is 1. The van der Waals surface area contributed by atoms with Crippen LogP contribution in [-0.2, 0) is 11.8 Å². The van der Waals surface area contributed by atoms with Gasteiger partial charge in [0.05, 0.1) is 17.6 Å². The van der Waals surface area contributed by atoms with Crippen LogP contribution in [-0.4, -0.2) is 36.2 Å². The average molecular weight is 386 g/mol. The zero-order valence-corrected chi connectivity index (χ0v) is 15.9.